The van der Waals surface area contributed by atoms with E-state index in [9.17, 15) is 9.90 Å². The first-order valence-electron chi connectivity index (χ1n) is 6.98. The highest BCUT2D eigenvalue weighted by Crippen LogP contribution is 2.26. The Balaban J connectivity index is 2.00. The van der Waals surface area contributed by atoms with Crippen LogP contribution in [-0.2, 0) is 5.60 Å². The van der Waals surface area contributed by atoms with Crippen molar-refractivity contribution in [1.82, 2.24) is 10.5 Å². The number of furan rings is 1. The van der Waals surface area contributed by atoms with Crippen LogP contribution in [0.2, 0.25) is 0 Å². The molecule has 0 radical (unpaired) electrons. The zero-order valence-corrected chi connectivity index (χ0v) is 13.4. The minimum absolute atomic E-state index is 0.0437. The molecule has 0 spiro atoms. The van der Waals surface area contributed by atoms with Gasteiger partial charge in [-0.05, 0) is 40.7 Å². The fraction of sp³-hybridized carbons (Fsp3) is 0.467. The molecule has 2 rings (SSSR count). The number of aryl methyl sites for hydroxylation is 4. The van der Waals surface area contributed by atoms with Gasteiger partial charge in [-0.2, -0.15) is 0 Å². The predicted molar refractivity (Wildman–Crippen MR) is 80.8 cm³/mol. The molecule has 2 heterocycles. The summed E-state index contributed by atoms with van der Waals surface area (Å²) in [5, 5.41) is 19.6. The number of aliphatic hydroxyl groups is 1. The number of carbonyl (C=O) groups is 1. The average molecular weight is 307 g/mol. The molecule has 0 aliphatic rings. The zero-order chi connectivity index (χ0) is 16.5. The fourth-order valence-corrected chi connectivity index (χ4v) is 2.33. The Labute approximate surface area is 128 Å². The van der Waals surface area contributed by atoms with Crippen LogP contribution in [0.15, 0.2) is 15.0 Å². The maximum Gasteiger partial charge on any atom is 0.319 e. The quantitative estimate of drug-likeness (QED) is 0.806. The molecule has 2 amide bonds. The summed E-state index contributed by atoms with van der Waals surface area (Å²) >= 11 is 0. The number of hydrogen-bond donors (Lipinski definition) is 3. The minimum Gasteiger partial charge on any atom is -0.466 e. The third kappa shape index (κ3) is 3.30. The van der Waals surface area contributed by atoms with E-state index in [0.717, 1.165) is 0 Å². The second-order valence-corrected chi connectivity index (χ2v) is 5.61. The molecule has 0 aliphatic carbocycles. The van der Waals surface area contributed by atoms with Crippen LogP contribution in [0.25, 0.3) is 0 Å². The van der Waals surface area contributed by atoms with Crippen LogP contribution >= 0.6 is 0 Å². The van der Waals surface area contributed by atoms with Crippen LogP contribution in [0.1, 0.15) is 35.5 Å². The molecular weight excluding hydrogens is 286 g/mol. The molecule has 0 saturated carbocycles. The molecule has 0 aromatic carbocycles. The van der Waals surface area contributed by atoms with Crippen LogP contribution in [0.4, 0.5) is 10.5 Å². The highest BCUT2D eigenvalue weighted by molar-refractivity contribution is 5.90. The Morgan fingerprint density at radius 2 is 2.00 bits per heavy atom. The lowest BCUT2D eigenvalue weighted by Crippen LogP contribution is -2.40. The van der Waals surface area contributed by atoms with Crippen LogP contribution < -0.4 is 10.6 Å². The average Bonchev–Trinajstić information content (AvgIpc) is 2.93. The molecular formula is C15H21N3O4. The summed E-state index contributed by atoms with van der Waals surface area (Å²) in [4.78, 5) is 12.0. The molecule has 0 fully saturated rings. The van der Waals surface area contributed by atoms with Gasteiger partial charge in [0.2, 0.25) is 0 Å². The fourth-order valence-electron chi connectivity index (χ4n) is 2.33. The van der Waals surface area contributed by atoms with E-state index in [1.54, 1.807) is 33.8 Å². The first-order chi connectivity index (χ1) is 10.2. The monoisotopic (exact) mass is 307 g/mol. The van der Waals surface area contributed by atoms with Crippen molar-refractivity contribution in [3.05, 3.63) is 34.6 Å². The van der Waals surface area contributed by atoms with Crippen molar-refractivity contribution in [3.63, 3.8) is 0 Å². The molecule has 2 aromatic rings. The summed E-state index contributed by atoms with van der Waals surface area (Å²) in [7, 11) is 0. The molecule has 3 N–H and O–H groups in total. The van der Waals surface area contributed by atoms with E-state index in [4.69, 9.17) is 8.94 Å². The Morgan fingerprint density at radius 1 is 1.32 bits per heavy atom. The summed E-state index contributed by atoms with van der Waals surface area (Å²) in [6, 6.07) is 1.33. The number of nitrogens with one attached hydrogen (secondary N) is 2. The highest BCUT2D eigenvalue weighted by Gasteiger charge is 2.28. The molecule has 2 aromatic heterocycles. The van der Waals surface area contributed by atoms with Crippen LogP contribution in [0.3, 0.4) is 0 Å². The van der Waals surface area contributed by atoms with Crippen LogP contribution in [-0.4, -0.2) is 22.8 Å². The molecule has 1 atom stereocenters. The van der Waals surface area contributed by atoms with Gasteiger partial charge in [-0.1, -0.05) is 5.16 Å². The largest absolute Gasteiger partial charge is 0.466 e. The van der Waals surface area contributed by atoms with Gasteiger partial charge < -0.3 is 24.7 Å². The molecule has 22 heavy (non-hydrogen) atoms. The SMILES string of the molecule is Cc1cc([C@@](C)(O)CNC(=O)Nc2c(C)noc2C)c(C)o1. The lowest BCUT2D eigenvalue weighted by molar-refractivity contribution is 0.0584. The summed E-state index contributed by atoms with van der Waals surface area (Å²) in [6.45, 7) is 8.71. The van der Waals surface area contributed by atoms with Crippen molar-refractivity contribution in [2.24, 2.45) is 0 Å². The Kier molecular flexibility index (Phi) is 4.27. The number of urea groups is 1. The van der Waals surface area contributed by atoms with Gasteiger partial charge in [0.05, 0.1) is 6.54 Å². The van der Waals surface area contributed by atoms with E-state index in [1.807, 2.05) is 6.92 Å². The molecule has 0 aliphatic heterocycles. The third-order valence-electron chi connectivity index (χ3n) is 3.49. The van der Waals surface area contributed by atoms with Gasteiger partial charge in [0.1, 0.15) is 28.5 Å². The van der Waals surface area contributed by atoms with Gasteiger partial charge in [-0.25, -0.2) is 4.79 Å². The van der Waals surface area contributed by atoms with Gasteiger partial charge >= 0.3 is 6.03 Å². The maximum absolute atomic E-state index is 12.0. The van der Waals surface area contributed by atoms with Gasteiger partial charge in [0, 0.05) is 5.56 Å². The number of rotatable bonds is 4. The summed E-state index contributed by atoms with van der Waals surface area (Å²) in [5.41, 5.74) is 0.564. The van der Waals surface area contributed by atoms with Crippen molar-refractivity contribution in [1.29, 1.82) is 0 Å². The van der Waals surface area contributed by atoms with E-state index in [1.165, 1.54) is 0 Å². The topological polar surface area (TPSA) is 101 Å². The molecule has 0 saturated heterocycles. The van der Waals surface area contributed by atoms with Gasteiger partial charge in [-0.3, -0.25) is 0 Å². The molecule has 120 valence electrons. The Hall–Kier alpha value is -2.28. The van der Waals surface area contributed by atoms with Crippen molar-refractivity contribution >= 4 is 11.7 Å². The van der Waals surface area contributed by atoms with Crippen molar-refractivity contribution in [2.45, 2.75) is 40.2 Å². The molecule has 0 bridgehead atoms. The second kappa shape index (κ2) is 5.84. The number of aromatic nitrogens is 1. The predicted octanol–water partition coefficient (Wildman–Crippen LogP) is 2.53. The van der Waals surface area contributed by atoms with E-state index in [2.05, 4.69) is 15.8 Å². The van der Waals surface area contributed by atoms with Gasteiger partial charge in [0.25, 0.3) is 0 Å². The van der Waals surface area contributed by atoms with E-state index in [-0.39, 0.29) is 6.54 Å². The molecule has 7 nitrogen and oxygen atoms in total. The van der Waals surface area contributed by atoms with Crippen LogP contribution in [0.5, 0.6) is 0 Å². The smallest absolute Gasteiger partial charge is 0.319 e. The normalized spacial score (nSPS) is 13.7. The number of hydrogen-bond acceptors (Lipinski definition) is 5. The minimum atomic E-state index is -1.22. The zero-order valence-electron chi connectivity index (χ0n) is 13.4. The van der Waals surface area contributed by atoms with Gasteiger partial charge in [-0.15, -0.1) is 0 Å². The van der Waals surface area contributed by atoms with Crippen molar-refractivity contribution < 1.29 is 18.8 Å². The molecule has 7 heteroatoms. The van der Waals surface area contributed by atoms with Crippen molar-refractivity contribution in [3.8, 4) is 0 Å². The Bertz CT molecular complexity index is 666. The van der Waals surface area contributed by atoms with Crippen LogP contribution in [0, 0.1) is 27.7 Å². The first kappa shape index (κ1) is 16.1. The third-order valence-corrected chi connectivity index (χ3v) is 3.49. The summed E-state index contributed by atoms with van der Waals surface area (Å²) in [5.74, 6) is 1.88. The second-order valence-electron chi connectivity index (χ2n) is 5.61. The summed E-state index contributed by atoms with van der Waals surface area (Å²) in [6.07, 6.45) is 0. The highest BCUT2D eigenvalue weighted by atomic mass is 16.5. The van der Waals surface area contributed by atoms with E-state index >= 15 is 0 Å². The summed E-state index contributed by atoms with van der Waals surface area (Å²) < 4.78 is 10.4. The Morgan fingerprint density at radius 3 is 2.50 bits per heavy atom. The number of nitrogens with zero attached hydrogens (tertiary/aromatic N) is 1. The van der Waals surface area contributed by atoms with Gasteiger partial charge in [0.15, 0.2) is 5.76 Å². The lowest BCUT2D eigenvalue weighted by Gasteiger charge is -2.23. The molecule has 0 unspecified atom stereocenters. The van der Waals surface area contributed by atoms with E-state index < -0.39 is 11.6 Å². The number of anilines is 1. The number of carbonyl (C=O) groups excluding carboxylic acids is 1. The van der Waals surface area contributed by atoms with Crippen molar-refractivity contribution in [2.75, 3.05) is 11.9 Å². The standard InChI is InChI=1S/C15H21N3O4/c1-8-6-12(10(3)21-8)15(5,20)7-16-14(19)17-13-9(2)18-22-11(13)4/h6,20H,7H2,1-5H3,(H2,16,17,19)/t15-/m0/s1. The first-order valence-corrected chi connectivity index (χ1v) is 6.98. The lowest BCUT2D eigenvalue weighted by atomic mass is 9.96. The number of amides is 2. The van der Waals surface area contributed by atoms with E-state index in [0.29, 0.717) is 34.2 Å². The maximum atomic E-state index is 12.0.